The Labute approximate surface area is 109 Å². The van der Waals surface area contributed by atoms with Gasteiger partial charge >= 0.3 is 0 Å². The number of halogens is 2. The second kappa shape index (κ2) is 3.68. The van der Waals surface area contributed by atoms with Crippen LogP contribution in [0, 0.1) is 15.5 Å². The van der Waals surface area contributed by atoms with Gasteiger partial charge in [-0.15, -0.1) is 0 Å². The van der Waals surface area contributed by atoms with Crippen LogP contribution in [0.3, 0.4) is 0 Å². The summed E-state index contributed by atoms with van der Waals surface area (Å²) in [5, 5.41) is 4.53. The van der Waals surface area contributed by atoms with Gasteiger partial charge < -0.3 is 0 Å². The van der Waals surface area contributed by atoms with Crippen molar-refractivity contribution in [3.8, 4) is 0 Å². The number of fused-ring (bicyclic) bond motifs is 1. The molecule has 1 heterocycles. The smallest absolute Gasteiger partial charge is 0.123 e. The Bertz CT molecular complexity index is 403. The summed E-state index contributed by atoms with van der Waals surface area (Å²) in [4.78, 5) is 0. The van der Waals surface area contributed by atoms with Crippen molar-refractivity contribution in [2.75, 3.05) is 0 Å². The minimum Gasteiger partial charge on any atom is -0.266 e. The van der Waals surface area contributed by atoms with Crippen LogP contribution in [0.25, 0.3) is 0 Å². The van der Waals surface area contributed by atoms with Crippen LogP contribution in [0.5, 0.6) is 0 Å². The molecule has 0 saturated heterocycles. The van der Waals surface area contributed by atoms with Gasteiger partial charge in [-0.2, -0.15) is 5.10 Å². The van der Waals surface area contributed by atoms with Crippen LogP contribution in [-0.4, -0.2) is 16.0 Å². The zero-order chi connectivity index (χ0) is 11.4. The lowest BCUT2D eigenvalue weighted by molar-refractivity contribution is 0.308. The van der Waals surface area contributed by atoms with Crippen molar-refractivity contribution in [1.29, 1.82) is 0 Å². The summed E-state index contributed by atoms with van der Waals surface area (Å²) in [7, 11) is 0. The molecule has 88 valence electrons. The highest BCUT2D eigenvalue weighted by molar-refractivity contribution is 14.1. The highest BCUT2D eigenvalue weighted by atomic mass is 127. The summed E-state index contributed by atoms with van der Waals surface area (Å²) in [6.45, 7) is 4.31. The lowest BCUT2D eigenvalue weighted by Crippen LogP contribution is -2.09. The molecule has 0 bridgehead atoms. The normalized spacial score (nSPS) is 36.8. The molecule has 1 aromatic rings. The fourth-order valence-electron chi connectivity index (χ4n) is 3.25. The minimum atomic E-state index is -0.541. The molecule has 0 aliphatic heterocycles. The Morgan fingerprint density at radius 1 is 1.44 bits per heavy atom. The van der Waals surface area contributed by atoms with Gasteiger partial charge in [0, 0.05) is 17.7 Å². The maximum atomic E-state index is 13.1. The van der Waals surface area contributed by atoms with Crippen LogP contribution in [0.4, 0.5) is 4.39 Å². The molecule has 0 unspecified atom stereocenters. The Morgan fingerprint density at radius 3 is 2.62 bits per heavy atom. The molecule has 2 saturated carbocycles. The summed E-state index contributed by atoms with van der Waals surface area (Å²) < 4.78 is 16.3. The first-order valence-electron chi connectivity index (χ1n) is 5.97. The molecule has 2 nitrogen and oxygen atoms in total. The fourth-order valence-corrected chi connectivity index (χ4v) is 3.81. The monoisotopic (exact) mass is 334 g/mol. The van der Waals surface area contributed by atoms with Crippen LogP contribution in [0.1, 0.15) is 44.3 Å². The zero-order valence-electron chi connectivity index (χ0n) is 9.53. The highest BCUT2D eigenvalue weighted by Gasteiger charge is 2.58. The zero-order valence-corrected chi connectivity index (χ0v) is 11.7. The number of hydrogen-bond donors (Lipinski definition) is 0. The van der Waals surface area contributed by atoms with E-state index in [1.807, 2.05) is 0 Å². The third-order valence-electron chi connectivity index (χ3n) is 3.95. The molecule has 2 fully saturated rings. The quantitative estimate of drug-likeness (QED) is 0.757. The van der Waals surface area contributed by atoms with Crippen LogP contribution >= 0.6 is 22.6 Å². The molecule has 0 spiro atoms. The van der Waals surface area contributed by atoms with E-state index in [4.69, 9.17) is 0 Å². The van der Waals surface area contributed by atoms with Gasteiger partial charge in [0.25, 0.3) is 0 Å². The molecule has 0 radical (unpaired) electrons. The average Bonchev–Trinajstić information content (AvgIpc) is 2.60. The van der Waals surface area contributed by atoms with E-state index in [1.165, 1.54) is 5.69 Å². The van der Waals surface area contributed by atoms with Crippen LogP contribution < -0.4 is 0 Å². The maximum Gasteiger partial charge on any atom is 0.123 e. The molecule has 0 aromatic carbocycles. The largest absolute Gasteiger partial charge is 0.266 e. The third kappa shape index (κ3) is 1.60. The van der Waals surface area contributed by atoms with Crippen molar-refractivity contribution in [3.63, 3.8) is 0 Å². The first-order valence-corrected chi connectivity index (χ1v) is 7.05. The van der Waals surface area contributed by atoms with Crippen molar-refractivity contribution in [2.45, 2.75) is 44.8 Å². The molecule has 2 aliphatic carbocycles. The van der Waals surface area contributed by atoms with Gasteiger partial charge in [0.05, 0.1) is 0 Å². The van der Waals surface area contributed by atoms with E-state index in [1.54, 1.807) is 0 Å². The average molecular weight is 334 g/mol. The van der Waals surface area contributed by atoms with Gasteiger partial charge in [-0.05, 0) is 67.2 Å². The second-order valence-corrected chi connectivity index (χ2v) is 6.46. The predicted octanol–water partition coefficient (Wildman–Crippen LogP) is 3.53. The number of alkyl halides is 1. The second-order valence-electron chi connectivity index (χ2n) is 5.35. The lowest BCUT2D eigenvalue weighted by Gasteiger charge is -2.12. The number of rotatable bonds is 2. The van der Waals surface area contributed by atoms with Gasteiger partial charge in [-0.1, -0.05) is 0 Å². The molecule has 16 heavy (non-hydrogen) atoms. The number of nitrogens with zero attached hydrogens (tertiary/aromatic N) is 2. The van der Waals surface area contributed by atoms with Crippen molar-refractivity contribution in [2.24, 2.45) is 11.8 Å². The molecule has 0 amide bonds. The van der Waals surface area contributed by atoms with Crippen molar-refractivity contribution < 1.29 is 4.39 Å². The Balaban J connectivity index is 1.86. The van der Waals surface area contributed by atoms with E-state index in [9.17, 15) is 4.39 Å². The van der Waals surface area contributed by atoms with Crippen molar-refractivity contribution in [3.05, 3.63) is 15.5 Å². The summed E-state index contributed by atoms with van der Waals surface area (Å²) in [6.07, 6.45) is 1.01. The minimum absolute atomic E-state index is 0.404. The molecular formula is C12H16FIN2. The molecule has 1 aromatic heterocycles. The fraction of sp³-hybridized carbons (Fsp3) is 0.750. The lowest BCUT2D eigenvalue weighted by atomic mass is 10.1. The Hall–Kier alpha value is -0.130. The first-order chi connectivity index (χ1) is 7.58. The number of hydrogen-bond acceptors (Lipinski definition) is 1. The van der Waals surface area contributed by atoms with Gasteiger partial charge in [0.1, 0.15) is 9.87 Å². The summed E-state index contributed by atoms with van der Waals surface area (Å²) in [6, 6.07) is 2.58. The van der Waals surface area contributed by atoms with Gasteiger partial charge in [-0.25, -0.2) is 4.39 Å². The van der Waals surface area contributed by atoms with Gasteiger partial charge in [0.2, 0.25) is 0 Å². The van der Waals surface area contributed by atoms with Crippen LogP contribution in [0.15, 0.2) is 6.07 Å². The molecule has 2 aliphatic rings. The van der Waals surface area contributed by atoms with E-state index in [2.05, 4.69) is 52.3 Å². The first kappa shape index (κ1) is 11.0. The van der Waals surface area contributed by atoms with Gasteiger partial charge in [0.15, 0.2) is 0 Å². The van der Waals surface area contributed by atoms with E-state index in [0.29, 0.717) is 23.8 Å². The maximum absolute atomic E-state index is 13.1. The summed E-state index contributed by atoms with van der Waals surface area (Å²) >= 11 is 2.26. The van der Waals surface area contributed by atoms with Gasteiger partial charge in [-0.3, -0.25) is 4.68 Å². The standard InChI is InChI=1S/C12H16FIN2/c1-6(2)16-10(5-11(14)15-16)12-8-3-7(13)4-9(8)12/h5-9,12H,3-4H2,1-2H3/t7-,8+,9-,12-. The van der Waals surface area contributed by atoms with Crippen LogP contribution in [0.2, 0.25) is 0 Å². The van der Waals surface area contributed by atoms with E-state index in [-0.39, 0.29) is 0 Å². The van der Waals surface area contributed by atoms with Crippen LogP contribution in [-0.2, 0) is 0 Å². The van der Waals surface area contributed by atoms with E-state index < -0.39 is 6.17 Å². The van der Waals surface area contributed by atoms with Crippen molar-refractivity contribution in [1.82, 2.24) is 9.78 Å². The molecular weight excluding hydrogens is 318 g/mol. The Morgan fingerprint density at radius 2 is 2.06 bits per heavy atom. The molecule has 4 heteroatoms. The topological polar surface area (TPSA) is 17.8 Å². The SMILES string of the molecule is CC(C)n1nc(I)cc1[C@H]1[C@@H]2C[C@H](F)C[C@@H]21. The van der Waals surface area contributed by atoms with E-state index >= 15 is 0 Å². The molecule has 4 atom stereocenters. The third-order valence-corrected chi connectivity index (χ3v) is 4.48. The summed E-state index contributed by atoms with van der Waals surface area (Å²) in [5.74, 6) is 1.78. The predicted molar refractivity (Wildman–Crippen MR) is 69.2 cm³/mol. The number of aromatic nitrogens is 2. The Kier molecular flexibility index (Phi) is 2.53. The molecule has 0 N–H and O–H groups in total. The van der Waals surface area contributed by atoms with Crippen molar-refractivity contribution >= 4 is 22.6 Å². The van der Waals surface area contributed by atoms with E-state index in [0.717, 1.165) is 16.5 Å². The summed E-state index contributed by atoms with van der Waals surface area (Å²) in [5.41, 5.74) is 1.33. The highest BCUT2D eigenvalue weighted by Crippen LogP contribution is 2.63. The molecule has 3 rings (SSSR count).